The first-order valence-corrected chi connectivity index (χ1v) is 17.6. The highest BCUT2D eigenvalue weighted by atomic mass is 32.2. The quantitative estimate of drug-likeness (QED) is 0.178. The zero-order chi connectivity index (χ0) is 34.2. The Labute approximate surface area is 282 Å². The zero-order valence-electron chi connectivity index (χ0n) is 27.2. The van der Waals surface area contributed by atoms with E-state index in [-0.39, 0.29) is 40.7 Å². The standard InChI is InChI=1S/C33H36N8O5S2/c1-6-39(4)19-28(42)40-14-11-21-17-27(46-5)25(18-26(21)40)36-33-37-30(35-24-13-16-47-29(24)32(43)34-3)23-12-15-41(31(23)38-33)48(44,45)22-9-7-20(2)8-10-22/h7-10,12-13,15-18H,6,11,14,19H2,1-5H3,(H,34,43)(H2,35,36,37,38). The van der Waals surface area contributed by atoms with Crippen molar-refractivity contribution in [3.05, 3.63) is 76.1 Å². The first-order valence-electron chi connectivity index (χ1n) is 15.3. The molecule has 5 aromatic rings. The van der Waals surface area contributed by atoms with E-state index in [1.54, 1.807) is 60.8 Å². The highest BCUT2D eigenvalue weighted by molar-refractivity contribution is 7.90. The molecule has 2 aromatic carbocycles. The van der Waals surface area contributed by atoms with Gasteiger partial charge in [0, 0.05) is 25.5 Å². The fraction of sp³-hybridized carbons (Fsp3) is 0.273. The van der Waals surface area contributed by atoms with Crippen LogP contribution in [0.1, 0.15) is 27.7 Å². The molecule has 0 radical (unpaired) electrons. The van der Waals surface area contributed by atoms with E-state index >= 15 is 0 Å². The molecule has 3 aromatic heterocycles. The minimum Gasteiger partial charge on any atom is -0.495 e. The summed E-state index contributed by atoms with van der Waals surface area (Å²) >= 11 is 1.26. The Morgan fingerprint density at radius 3 is 2.54 bits per heavy atom. The summed E-state index contributed by atoms with van der Waals surface area (Å²) in [5.74, 6) is 0.571. The van der Waals surface area contributed by atoms with Crippen LogP contribution >= 0.6 is 11.3 Å². The SMILES string of the molecule is CCN(C)CC(=O)N1CCc2cc(OC)c(Nc3nc(Nc4ccsc4C(=O)NC)c4ccn(S(=O)(=O)c5ccc(C)cc5)c4n3)cc21. The number of nitrogens with one attached hydrogen (secondary N) is 3. The molecule has 3 N–H and O–H groups in total. The lowest BCUT2D eigenvalue weighted by Gasteiger charge is -2.22. The summed E-state index contributed by atoms with van der Waals surface area (Å²) in [5, 5.41) is 11.3. The van der Waals surface area contributed by atoms with Gasteiger partial charge in [-0.3, -0.25) is 14.5 Å². The number of carbonyl (C=O) groups is 2. The molecule has 15 heteroatoms. The first-order chi connectivity index (χ1) is 23.0. The first kappa shape index (κ1) is 32.9. The fourth-order valence-electron chi connectivity index (χ4n) is 5.47. The zero-order valence-corrected chi connectivity index (χ0v) is 28.8. The van der Waals surface area contributed by atoms with Gasteiger partial charge in [-0.15, -0.1) is 11.3 Å². The number of carbonyl (C=O) groups excluding carboxylic acids is 2. The van der Waals surface area contributed by atoms with Gasteiger partial charge in [0.05, 0.1) is 35.3 Å². The lowest BCUT2D eigenvalue weighted by molar-refractivity contribution is -0.119. The Balaban J connectivity index is 1.46. The number of fused-ring (bicyclic) bond motifs is 2. The second-order valence-electron chi connectivity index (χ2n) is 11.4. The predicted octanol–water partition coefficient (Wildman–Crippen LogP) is 4.73. The van der Waals surface area contributed by atoms with E-state index in [1.165, 1.54) is 17.5 Å². The maximum atomic E-state index is 13.9. The van der Waals surface area contributed by atoms with E-state index in [1.807, 2.05) is 37.9 Å². The second kappa shape index (κ2) is 13.3. The number of hydrogen-bond donors (Lipinski definition) is 3. The van der Waals surface area contributed by atoms with Crippen molar-refractivity contribution < 1.29 is 22.7 Å². The Kier molecular flexibility index (Phi) is 9.09. The number of methoxy groups -OCH3 is 1. The second-order valence-corrected chi connectivity index (χ2v) is 14.1. The smallest absolute Gasteiger partial charge is 0.269 e. The Morgan fingerprint density at radius 2 is 1.83 bits per heavy atom. The van der Waals surface area contributed by atoms with Crippen LogP contribution in [0.5, 0.6) is 5.75 Å². The lowest BCUT2D eigenvalue weighted by Crippen LogP contribution is -2.38. The van der Waals surface area contributed by atoms with Crippen molar-refractivity contribution >= 4 is 73.0 Å². The third-order valence-corrected chi connectivity index (χ3v) is 10.8. The van der Waals surface area contributed by atoms with Crippen molar-refractivity contribution in [3.8, 4) is 5.75 Å². The van der Waals surface area contributed by atoms with Crippen LogP contribution in [0.3, 0.4) is 0 Å². The van der Waals surface area contributed by atoms with Crippen LogP contribution in [-0.4, -0.2) is 79.9 Å². The fourth-order valence-corrected chi connectivity index (χ4v) is 7.56. The molecule has 0 saturated carbocycles. The number of nitrogens with zero attached hydrogens (tertiary/aromatic N) is 5. The Morgan fingerprint density at radius 1 is 1.06 bits per heavy atom. The molecule has 1 aliphatic rings. The van der Waals surface area contributed by atoms with Crippen molar-refractivity contribution in [1.29, 1.82) is 0 Å². The molecule has 0 unspecified atom stereocenters. The Hall–Kier alpha value is -4.99. The third kappa shape index (κ3) is 6.19. The number of thiophene rings is 1. The van der Waals surface area contributed by atoms with E-state index in [0.29, 0.717) is 40.4 Å². The van der Waals surface area contributed by atoms with Gasteiger partial charge in [0.1, 0.15) is 16.4 Å². The molecule has 13 nitrogen and oxygen atoms in total. The summed E-state index contributed by atoms with van der Waals surface area (Å²) in [7, 11) is 0.952. The molecular formula is C33H36N8O5S2. The molecule has 4 heterocycles. The lowest BCUT2D eigenvalue weighted by atomic mass is 10.1. The van der Waals surface area contributed by atoms with Crippen molar-refractivity contribution in [3.63, 3.8) is 0 Å². The van der Waals surface area contributed by atoms with E-state index in [2.05, 4.69) is 20.9 Å². The number of ether oxygens (including phenoxy) is 1. The summed E-state index contributed by atoms with van der Waals surface area (Å²) < 4.78 is 34.6. The van der Waals surface area contributed by atoms with Gasteiger partial charge in [0.2, 0.25) is 11.9 Å². The highest BCUT2D eigenvalue weighted by Gasteiger charge is 2.28. The van der Waals surface area contributed by atoms with Crippen molar-refractivity contribution in [2.24, 2.45) is 0 Å². The molecule has 1 aliphatic heterocycles. The third-order valence-electron chi connectivity index (χ3n) is 8.23. The summed E-state index contributed by atoms with van der Waals surface area (Å²) in [6, 6.07) is 13.7. The minimum atomic E-state index is -4.05. The number of anilines is 5. The molecule has 0 fully saturated rings. The van der Waals surface area contributed by atoms with Gasteiger partial charge >= 0.3 is 0 Å². The van der Waals surface area contributed by atoms with E-state index in [4.69, 9.17) is 9.72 Å². The molecule has 0 atom stereocenters. The molecule has 6 rings (SSSR count). The number of hydrogen-bond acceptors (Lipinski definition) is 11. The highest BCUT2D eigenvalue weighted by Crippen LogP contribution is 2.39. The average Bonchev–Trinajstić information content (AvgIpc) is 3.83. The number of likely N-dealkylation sites (N-methyl/N-ethyl adjacent to an activating group) is 1. The monoisotopic (exact) mass is 688 g/mol. The van der Waals surface area contributed by atoms with Crippen LogP contribution in [0.2, 0.25) is 0 Å². The van der Waals surface area contributed by atoms with Gasteiger partial charge in [-0.1, -0.05) is 24.6 Å². The summed E-state index contributed by atoms with van der Waals surface area (Å²) in [6.07, 6.45) is 2.12. The van der Waals surface area contributed by atoms with Crippen molar-refractivity contribution in [2.45, 2.75) is 25.2 Å². The van der Waals surface area contributed by atoms with Gasteiger partial charge in [-0.2, -0.15) is 9.97 Å². The molecule has 0 spiro atoms. The van der Waals surface area contributed by atoms with Crippen LogP contribution in [-0.2, 0) is 21.2 Å². The van der Waals surface area contributed by atoms with E-state index < -0.39 is 10.0 Å². The molecule has 48 heavy (non-hydrogen) atoms. The molecule has 0 bridgehead atoms. The molecular weight excluding hydrogens is 653 g/mol. The number of aryl methyl sites for hydroxylation is 1. The molecule has 2 amide bonds. The van der Waals surface area contributed by atoms with Gasteiger partial charge < -0.3 is 25.6 Å². The molecule has 0 aliphatic carbocycles. The van der Waals surface area contributed by atoms with Crippen molar-refractivity contribution in [2.75, 3.05) is 56.4 Å². The van der Waals surface area contributed by atoms with Crippen LogP contribution in [0, 0.1) is 6.92 Å². The van der Waals surface area contributed by atoms with Gasteiger partial charge in [-0.25, -0.2) is 12.4 Å². The van der Waals surface area contributed by atoms with Gasteiger partial charge in [-0.05, 0) is 74.3 Å². The minimum absolute atomic E-state index is 0.0137. The van der Waals surface area contributed by atoms with Gasteiger partial charge in [0.25, 0.3) is 15.9 Å². The van der Waals surface area contributed by atoms with Crippen molar-refractivity contribution in [1.82, 2.24) is 24.2 Å². The number of benzene rings is 2. The van der Waals surface area contributed by atoms with Crippen LogP contribution in [0.25, 0.3) is 11.0 Å². The van der Waals surface area contributed by atoms with E-state index in [0.717, 1.165) is 27.3 Å². The van der Waals surface area contributed by atoms with Crippen LogP contribution < -0.4 is 25.6 Å². The number of rotatable bonds is 11. The van der Waals surface area contributed by atoms with E-state index in [9.17, 15) is 18.0 Å². The van der Waals surface area contributed by atoms with Crippen LogP contribution in [0.15, 0.2) is 65.0 Å². The normalized spacial score (nSPS) is 12.8. The maximum Gasteiger partial charge on any atom is 0.269 e. The predicted molar refractivity (Wildman–Crippen MR) is 188 cm³/mol. The van der Waals surface area contributed by atoms with Gasteiger partial charge in [0.15, 0.2) is 5.65 Å². The summed E-state index contributed by atoms with van der Waals surface area (Å²) in [6.45, 7) is 5.46. The number of amides is 2. The average molecular weight is 689 g/mol. The maximum absolute atomic E-state index is 13.9. The molecule has 250 valence electrons. The van der Waals surface area contributed by atoms with Crippen LogP contribution in [0.4, 0.5) is 28.8 Å². The largest absolute Gasteiger partial charge is 0.495 e. The number of aromatic nitrogens is 3. The Bertz CT molecular complexity index is 2130. The topological polar surface area (TPSA) is 151 Å². The summed E-state index contributed by atoms with van der Waals surface area (Å²) in [4.78, 5) is 39.4. The molecule has 0 saturated heterocycles. The summed E-state index contributed by atoms with van der Waals surface area (Å²) in [5.41, 5.74) is 3.76.